The van der Waals surface area contributed by atoms with Gasteiger partial charge < -0.3 is 15.2 Å². The van der Waals surface area contributed by atoms with Crippen molar-refractivity contribution < 1.29 is 9.32 Å². The predicted molar refractivity (Wildman–Crippen MR) is 80.2 cm³/mol. The monoisotopic (exact) mass is 304 g/mol. The Morgan fingerprint density at radius 3 is 2.68 bits per heavy atom. The molecule has 2 N–H and O–H groups in total. The van der Waals surface area contributed by atoms with Crippen LogP contribution in [0.5, 0.6) is 0 Å². The molecule has 1 aromatic heterocycles. The number of carbonyl (C=O) groups excluding carboxylic acids is 1. The van der Waals surface area contributed by atoms with Gasteiger partial charge in [0.25, 0.3) is 0 Å². The quantitative estimate of drug-likeness (QED) is 0.922. The highest BCUT2D eigenvalue weighted by Gasteiger charge is 2.41. The summed E-state index contributed by atoms with van der Waals surface area (Å²) in [7, 11) is 0. The van der Waals surface area contributed by atoms with Crippen LogP contribution < -0.4 is 5.73 Å². The minimum absolute atomic E-state index is 0.126. The van der Waals surface area contributed by atoms with Crippen molar-refractivity contribution in [2.45, 2.75) is 68.7 Å². The van der Waals surface area contributed by atoms with Gasteiger partial charge in [0.05, 0.1) is 5.54 Å². The molecule has 1 amide bonds. The number of piperidine rings is 1. The molecule has 0 spiro atoms. The Morgan fingerprint density at radius 1 is 1.18 bits per heavy atom. The first kappa shape index (κ1) is 14.2. The second-order valence-corrected chi connectivity index (χ2v) is 7.22. The van der Waals surface area contributed by atoms with Crippen molar-refractivity contribution in [3.05, 3.63) is 11.7 Å². The van der Waals surface area contributed by atoms with E-state index in [9.17, 15) is 4.79 Å². The average molecular weight is 304 g/mol. The molecule has 1 saturated heterocycles. The topological polar surface area (TPSA) is 85.3 Å². The van der Waals surface area contributed by atoms with E-state index in [0.29, 0.717) is 12.5 Å². The van der Waals surface area contributed by atoms with E-state index in [1.807, 2.05) is 4.90 Å². The lowest BCUT2D eigenvalue weighted by molar-refractivity contribution is -0.138. The molecule has 1 atom stereocenters. The molecule has 0 aromatic carbocycles. The molecule has 6 heteroatoms. The van der Waals surface area contributed by atoms with Crippen LogP contribution >= 0.6 is 0 Å². The third-order valence-electron chi connectivity index (χ3n) is 5.38. The molecule has 1 aliphatic heterocycles. The Labute approximate surface area is 130 Å². The summed E-state index contributed by atoms with van der Waals surface area (Å²) >= 11 is 0. The van der Waals surface area contributed by atoms with Crippen molar-refractivity contribution in [2.24, 2.45) is 5.73 Å². The van der Waals surface area contributed by atoms with Gasteiger partial charge in [0.15, 0.2) is 5.82 Å². The number of rotatable bonds is 3. The molecule has 0 radical (unpaired) electrons. The molecule has 6 nitrogen and oxygen atoms in total. The zero-order valence-corrected chi connectivity index (χ0v) is 13.0. The van der Waals surface area contributed by atoms with E-state index in [1.54, 1.807) is 0 Å². The second kappa shape index (κ2) is 5.33. The fourth-order valence-electron chi connectivity index (χ4n) is 3.82. The molecule has 120 valence electrons. The normalized spacial score (nSPS) is 28.0. The molecule has 22 heavy (non-hydrogen) atoms. The average Bonchev–Trinajstić information content (AvgIpc) is 3.10. The number of hydrogen-bond donors (Lipinski definition) is 1. The highest BCUT2D eigenvalue weighted by molar-refractivity contribution is 5.86. The summed E-state index contributed by atoms with van der Waals surface area (Å²) < 4.78 is 5.37. The Hall–Kier alpha value is -1.43. The summed E-state index contributed by atoms with van der Waals surface area (Å²) in [6.07, 6.45) is 8.09. The fourth-order valence-corrected chi connectivity index (χ4v) is 3.82. The molecule has 0 bridgehead atoms. The van der Waals surface area contributed by atoms with Gasteiger partial charge in [-0.2, -0.15) is 4.98 Å². The molecule has 2 heterocycles. The van der Waals surface area contributed by atoms with E-state index < -0.39 is 5.54 Å². The van der Waals surface area contributed by atoms with Gasteiger partial charge in [-0.1, -0.05) is 18.0 Å². The molecule has 1 aromatic rings. The molecule has 4 rings (SSSR count). The van der Waals surface area contributed by atoms with Crippen LogP contribution in [-0.4, -0.2) is 39.6 Å². The number of aromatic nitrogens is 2. The molecule has 3 fully saturated rings. The van der Waals surface area contributed by atoms with Crippen molar-refractivity contribution >= 4 is 5.91 Å². The maximum Gasteiger partial charge on any atom is 0.242 e. The van der Waals surface area contributed by atoms with Gasteiger partial charge in [0.2, 0.25) is 11.8 Å². The SMILES string of the molecule is NC1(C(=O)N2CCCC(c3noc(C4CC4)n3)C2)CCCC1. The maximum atomic E-state index is 12.8. The number of likely N-dealkylation sites (tertiary alicyclic amines) is 1. The van der Waals surface area contributed by atoms with Gasteiger partial charge in [-0.3, -0.25) is 4.79 Å². The Balaban J connectivity index is 1.45. The molecule has 1 unspecified atom stereocenters. The summed E-state index contributed by atoms with van der Waals surface area (Å²) in [6, 6.07) is 0. The van der Waals surface area contributed by atoms with Gasteiger partial charge >= 0.3 is 0 Å². The van der Waals surface area contributed by atoms with E-state index in [2.05, 4.69) is 10.1 Å². The lowest BCUT2D eigenvalue weighted by Gasteiger charge is -2.36. The molecule has 2 saturated carbocycles. The smallest absolute Gasteiger partial charge is 0.242 e. The molecular weight excluding hydrogens is 280 g/mol. The summed E-state index contributed by atoms with van der Waals surface area (Å²) in [5, 5.41) is 4.15. The van der Waals surface area contributed by atoms with Gasteiger partial charge in [0.1, 0.15) is 0 Å². The van der Waals surface area contributed by atoms with Crippen LogP contribution in [0.1, 0.15) is 74.9 Å². The highest BCUT2D eigenvalue weighted by Crippen LogP contribution is 2.40. The number of nitrogens with two attached hydrogens (primary N) is 1. The van der Waals surface area contributed by atoms with Gasteiger partial charge in [0, 0.05) is 24.9 Å². The lowest BCUT2D eigenvalue weighted by Crippen LogP contribution is -2.55. The van der Waals surface area contributed by atoms with Crippen molar-refractivity contribution in [3.63, 3.8) is 0 Å². The fraction of sp³-hybridized carbons (Fsp3) is 0.812. The first-order valence-electron chi connectivity index (χ1n) is 8.57. The summed E-state index contributed by atoms with van der Waals surface area (Å²) in [4.78, 5) is 19.3. The standard InChI is InChI=1S/C16H24N4O2/c17-16(7-1-2-8-16)15(21)20-9-3-4-12(10-20)13-18-14(22-19-13)11-5-6-11/h11-12H,1-10,17H2. The number of hydrogen-bond acceptors (Lipinski definition) is 5. The van der Waals surface area contributed by atoms with E-state index in [1.165, 1.54) is 0 Å². The minimum atomic E-state index is -0.627. The molecular formula is C16H24N4O2. The Bertz CT molecular complexity index is 560. The van der Waals surface area contributed by atoms with Crippen molar-refractivity contribution in [1.29, 1.82) is 0 Å². The van der Waals surface area contributed by atoms with Crippen LogP contribution in [0.25, 0.3) is 0 Å². The van der Waals surface area contributed by atoms with E-state index in [-0.39, 0.29) is 11.8 Å². The van der Waals surface area contributed by atoms with Crippen LogP contribution in [0.2, 0.25) is 0 Å². The van der Waals surface area contributed by atoms with Crippen molar-refractivity contribution in [3.8, 4) is 0 Å². The lowest BCUT2D eigenvalue weighted by atomic mass is 9.92. The Morgan fingerprint density at radius 2 is 1.95 bits per heavy atom. The van der Waals surface area contributed by atoms with Crippen molar-refractivity contribution in [2.75, 3.05) is 13.1 Å². The van der Waals surface area contributed by atoms with Crippen LogP contribution in [-0.2, 0) is 4.79 Å². The largest absolute Gasteiger partial charge is 0.340 e. The third-order valence-corrected chi connectivity index (χ3v) is 5.38. The first-order chi connectivity index (χ1) is 10.7. The maximum absolute atomic E-state index is 12.8. The van der Waals surface area contributed by atoms with Gasteiger partial charge in [-0.25, -0.2) is 0 Å². The zero-order valence-electron chi connectivity index (χ0n) is 13.0. The van der Waals surface area contributed by atoms with E-state index >= 15 is 0 Å². The van der Waals surface area contributed by atoms with Crippen LogP contribution in [0, 0.1) is 0 Å². The highest BCUT2D eigenvalue weighted by atomic mass is 16.5. The Kier molecular flexibility index (Phi) is 3.44. The van der Waals surface area contributed by atoms with Gasteiger partial charge in [-0.15, -0.1) is 0 Å². The number of carbonyl (C=O) groups is 1. The van der Waals surface area contributed by atoms with Crippen LogP contribution in [0.3, 0.4) is 0 Å². The number of amides is 1. The summed E-state index contributed by atoms with van der Waals surface area (Å²) in [5.41, 5.74) is 5.70. The summed E-state index contributed by atoms with van der Waals surface area (Å²) in [5.74, 6) is 2.36. The number of nitrogens with zero attached hydrogens (tertiary/aromatic N) is 3. The first-order valence-corrected chi connectivity index (χ1v) is 8.57. The third kappa shape index (κ3) is 2.53. The van der Waals surface area contributed by atoms with Gasteiger partial charge in [-0.05, 0) is 38.5 Å². The molecule has 3 aliphatic rings. The summed E-state index contributed by atoms with van der Waals surface area (Å²) in [6.45, 7) is 1.49. The zero-order chi connectivity index (χ0) is 15.2. The predicted octanol–water partition coefficient (Wildman–Crippen LogP) is 1.92. The van der Waals surface area contributed by atoms with Crippen LogP contribution in [0.15, 0.2) is 4.52 Å². The van der Waals surface area contributed by atoms with E-state index in [0.717, 1.165) is 69.6 Å². The second-order valence-electron chi connectivity index (χ2n) is 7.22. The van der Waals surface area contributed by atoms with Crippen LogP contribution in [0.4, 0.5) is 0 Å². The van der Waals surface area contributed by atoms with E-state index in [4.69, 9.17) is 10.3 Å². The van der Waals surface area contributed by atoms with Crippen molar-refractivity contribution in [1.82, 2.24) is 15.0 Å². The molecule has 2 aliphatic carbocycles. The minimum Gasteiger partial charge on any atom is -0.340 e.